The van der Waals surface area contributed by atoms with Crippen molar-refractivity contribution < 1.29 is 9.59 Å². The molecule has 0 aliphatic heterocycles. The van der Waals surface area contributed by atoms with E-state index in [9.17, 15) is 9.59 Å². The molecule has 2 amide bonds. The number of hydrogen-bond donors (Lipinski definition) is 1. The van der Waals surface area contributed by atoms with Crippen LogP contribution in [0.3, 0.4) is 0 Å². The molecule has 0 aromatic rings. The standard InChI is InChI=1S/C10H16BrNO2/c1-7(11)9(13)12-10(14)8-5-3-2-4-6-8/h7-8H,2-6H2,1H3,(H,12,13,14). The number of amides is 2. The predicted molar refractivity (Wildman–Crippen MR) is 58.1 cm³/mol. The van der Waals surface area contributed by atoms with Crippen LogP contribution < -0.4 is 5.32 Å². The maximum Gasteiger partial charge on any atom is 0.240 e. The molecule has 0 radical (unpaired) electrons. The smallest absolute Gasteiger partial charge is 0.240 e. The van der Waals surface area contributed by atoms with Crippen LogP contribution in [0.2, 0.25) is 0 Å². The first kappa shape index (κ1) is 11.7. The minimum absolute atomic E-state index is 0.0546. The third kappa shape index (κ3) is 3.40. The van der Waals surface area contributed by atoms with E-state index in [2.05, 4.69) is 21.2 Å². The first-order valence-corrected chi connectivity index (χ1v) is 6.01. The Bertz CT molecular complexity index is 222. The number of rotatable bonds is 2. The van der Waals surface area contributed by atoms with Crippen molar-refractivity contribution in [3.05, 3.63) is 0 Å². The summed E-state index contributed by atoms with van der Waals surface area (Å²) in [5.74, 6) is -0.277. The highest BCUT2D eigenvalue weighted by Gasteiger charge is 2.23. The van der Waals surface area contributed by atoms with Crippen LogP contribution in [0.15, 0.2) is 0 Å². The zero-order valence-corrected chi connectivity index (χ0v) is 9.97. The van der Waals surface area contributed by atoms with E-state index in [0.717, 1.165) is 25.7 Å². The van der Waals surface area contributed by atoms with Crippen LogP contribution in [0.25, 0.3) is 0 Å². The summed E-state index contributed by atoms with van der Waals surface area (Å²) in [4.78, 5) is 22.5. The number of halogens is 1. The lowest BCUT2D eigenvalue weighted by molar-refractivity contribution is -0.133. The fraction of sp³-hybridized carbons (Fsp3) is 0.800. The Morgan fingerprint density at radius 1 is 1.29 bits per heavy atom. The lowest BCUT2D eigenvalue weighted by Crippen LogP contribution is -2.39. The van der Waals surface area contributed by atoms with E-state index in [-0.39, 0.29) is 22.6 Å². The largest absolute Gasteiger partial charge is 0.295 e. The number of hydrogen-bond acceptors (Lipinski definition) is 2. The number of alkyl halides is 1. The maximum atomic E-state index is 11.6. The summed E-state index contributed by atoms with van der Waals surface area (Å²) >= 11 is 3.13. The van der Waals surface area contributed by atoms with Crippen LogP contribution in [-0.4, -0.2) is 16.6 Å². The van der Waals surface area contributed by atoms with E-state index in [4.69, 9.17) is 0 Å². The molecule has 1 N–H and O–H groups in total. The van der Waals surface area contributed by atoms with Gasteiger partial charge in [0, 0.05) is 5.92 Å². The topological polar surface area (TPSA) is 46.2 Å². The summed E-state index contributed by atoms with van der Waals surface area (Å²) in [6, 6.07) is 0. The molecule has 4 heteroatoms. The maximum absolute atomic E-state index is 11.6. The second-order valence-electron chi connectivity index (χ2n) is 3.80. The quantitative estimate of drug-likeness (QED) is 0.773. The molecule has 0 spiro atoms. The molecule has 1 unspecified atom stereocenters. The minimum Gasteiger partial charge on any atom is -0.295 e. The van der Waals surface area contributed by atoms with Gasteiger partial charge in [-0.25, -0.2) is 0 Å². The van der Waals surface area contributed by atoms with Crippen LogP contribution in [0.4, 0.5) is 0 Å². The van der Waals surface area contributed by atoms with Crippen LogP contribution in [0.1, 0.15) is 39.0 Å². The molecule has 1 aliphatic rings. The Morgan fingerprint density at radius 2 is 1.86 bits per heavy atom. The average Bonchev–Trinajstić information content (AvgIpc) is 2.19. The summed E-state index contributed by atoms with van der Waals surface area (Å²) in [6.07, 6.45) is 5.28. The van der Waals surface area contributed by atoms with Crippen molar-refractivity contribution in [3.8, 4) is 0 Å². The summed E-state index contributed by atoms with van der Waals surface area (Å²) < 4.78 is 0. The minimum atomic E-state index is -0.296. The highest BCUT2D eigenvalue weighted by atomic mass is 79.9. The van der Waals surface area contributed by atoms with Gasteiger partial charge in [-0.1, -0.05) is 35.2 Å². The normalized spacial score (nSPS) is 20.1. The molecule has 1 rings (SSSR count). The Morgan fingerprint density at radius 3 is 2.36 bits per heavy atom. The van der Waals surface area contributed by atoms with Gasteiger partial charge < -0.3 is 0 Å². The van der Waals surface area contributed by atoms with Gasteiger partial charge in [0.1, 0.15) is 0 Å². The number of nitrogens with one attached hydrogen (secondary N) is 1. The van der Waals surface area contributed by atoms with Crippen molar-refractivity contribution >= 4 is 27.7 Å². The highest BCUT2D eigenvalue weighted by molar-refractivity contribution is 9.10. The molecule has 1 fully saturated rings. The van der Waals surface area contributed by atoms with Crippen molar-refractivity contribution in [1.82, 2.24) is 5.32 Å². The molecule has 1 atom stereocenters. The second-order valence-corrected chi connectivity index (χ2v) is 5.18. The summed E-state index contributed by atoms with van der Waals surface area (Å²) in [5, 5.41) is 2.42. The van der Waals surface area contributed by atoms with Gasteiger partial charge in [-0.2, -0.15) is 0 Å². The zero-order chi connectivity index (χ0) is 10.6. The first-order chi connectivity index (χ1) is 6.61. The molecule has 0 bridgehead atoms. The van der Waals surface area contributed by atoms with Gasteiger partial charge in [0.05, 0.1) is 4.83 Å². The van der Waals surface area contributed by atoms with E-state index < -0.39 is 0 Å². The molecule has 1 aliphatic carbocycles. The van der Waals surface area contributed by atoms with Crippen LogP contribution in [0.5, 0.6) is 0 Å². The first-order valence-electron chi connectivity index (χ1n) is 5.10. The third-order valence-electron chi connectivity index (χ3n) is 2.58. The van der Waals surface area contributed by atoms with Gasteiger partial charge in [0.15, 0.2) is 0 Å². The summed E-state index contributed by atoms with van der Waals surface area (Å²) in [5.41, 5.74) is 0. The Hall–Kier alpha value is -0.380. The summed E-state index contributed by atoms with van der Waals surface area (Å²) in [6.45, 7) is 1.71. The van der Waals surface area contributed by atoms with Crippen molar-refractivity contribution in [1.29, 1.82) is 0 Å². The summed E-state index contributed by atoms with van der Waals surface area (Å²) in [7, 11) is 0. The third-order valence-corrected chi connectivity index (χ3v) is 3.00. The fourth-order valence-electron chi connectivity index (χ4n) is 1.69. The van der Waals surface area contributed by atoms with Gasteiger partial charge >= 0.3 is 0 Å². The van der Waals surface area contributed by atoms with Gasteiger partial charge in [-0.3, -0.25) is 14.9 Å². The fourth-order valence-corrected chi connectivity index (χ4v) is 1.80. The van der Waals surface area contributed by atoms with E-state index in [1.807, 2.05) is 0 Å². The van der Waals surface area contributed by atoms with Crippen LogP contribution >= 0.6 is 15.9 Å². The molecular weight excluding hydrogens is 246 g/mol. The lowest BCUT2D eigenvalue weighted by atomic mass is 9.89. The Labute approximate surface area is 92.8 Å². The van der Waals surface area contributed by atoms with Crippen molar-refractivity contribution in [3.63, 3.8) is 0 Å². The zero-order valence-electron chi connectivity index (χ0n) is 8.38. The predicted octanol–water partition coefficient (Wildman–Crippen LogP) is 1.99. The van der Waals surface area contributed by atoms with Crippen molar-refractivity contribution in [2.24, 2.45) is 5.92 Å². The van der Waals surface area contributed by atoms with E-state index in [0.29, 0.717) is 0 Å². The second kappa shape index (κ2) is 5.49. The van der Waals surface area contributed by atoms with Crippen molar-refractivity contribution in [2.75, 3.05) is 0 Å². The monoisotopic (exact) mass is 261 g/mol. The highest BCUT2D eigenvalue weighted by Crippen LogP contribution is 2.23. The number of imide groups is 1. The molecule has 1 saturated carbocycles. The van der Waals surface area contributed by atoms with Crippen LogP contribution in [-0.2, 0) is 9.59 Å². The van der Waals surface area contributed by atoms with E-state index in [1.54, 1.807) is 6.92 Å². The molecule has 3 nitrogen and oxygen atoms in total. The molecule has 0 saturated heterocycles. The lowest BCUT2D eigenvalue weighted by Gasteiger charge is -2.20. The molecule has 80 valence electrons. The Kier molecular flexibility index (Phi) is 4.58. The van der Waals surface area contributed by atoms with Gasteiger partial charge in [-0.15, -0.1) is 0 Å². The average molecular weight is 262 g/mol. The SMILES string of the molecule is CC(Br)C(=O)NC(=O)C1CCCCC1. The molecule has 0 heterocycles. The molecular formula is C10H16BrNO2. The van der Waals surface area contributed by atoms with Gasteiger partial charge in [-0.05, 0) is 19.8 Å². The van der Waals surface area contributed by atoms with Gasteiger partial charge in [0.2, 0.25) is 11.8 Å². The number of carbonyl (C=O) groups excluding carboxylic acids is 2. The van der Waals surface area contributed by atoms with Crippen molar-refractivity contribution in [2.45, 2.75) is 43.9 Å². The molecule has 0 aromatic heterocycles. The Balaban J connectivity index is 2.37. The van der Waals surface area contributed by atoms with Crippen LogP contribution in [0, 0.1) is 5.92 Å². The molecule has 0 aromatic carbocycles. The van der Waals surface area contributed by atoms with E-state index in [1.165, 1.54) is 6.42 Å². The number of carbonyl (C=O) groups is 2. The molecule has 14 heavy (non-hydrogen) atoms. The van der Waals surface area contributed by atoms with E-state index >= 15 is 0 Å². The van der Waals surface area contributed by atoms with Gasteiger partial charge in [0.25, 0.3) is 0 Å².